The average molecular weight is 249 g/mol. The summed E-state index contributed by atoms with van der Waals surface area (Å²) in [6, 6.07) is 1.49. The maximum absolute atomic E-state index is 12.5. The number of piperidine rings is 1. The highest BCUT2D eigenvalue weighted by molar-refractivity contribution is 5.84. The molecule has 1 heterocycles. The minimum absolute atomic E-state index is 0.0287. The molecule has 0 radical (unpaired) electrons. The van der Waals surface area contributed by atoms with Gasteiger partial charge >= 0.3 is 0 Å². The van der Waals surface area contributed by atoms with Crippen LogP contribution >= 0.6 is 0 Å². The third-order valence-electron chi connectivity index (χ3n) is 5.10. The van der Waals surface area contributed by atoms with E-state index in [1.165, 1.54) is 0 Å². The van der Waals surface area contributed by atoms with Crippen molar-refractivity contribution in [3.63, 3.8) is 0 Å². The molecule has 3 N–H and O–H groups in total. The molecular formula is C13H19N3O2. The predicted octanol–water partition coefficient (Wildman–Crippen LogP) is -0.0107. The molecular weight excluding hydrogens is 230 g/mol. The molecule has 3 fully saturated rings. The summed E-state index contributed by atoms with van der Waals surface area (Å²) >= 11 is 0. The van der Waals surface area contributed by atoms with E-state index < -0.39 is 11.5 Å². The van der Waals surface area contributed by atoms with Crippen molar-refractivity contribution in [3.8, 4) is 6.07 Å². The van der Waals surface area contributed by atoms with Gasteiger partial charge in [-0.1, -0.05) is 6.42 Å². The van der Waals surface area contributed by atoms with Crippen LogP contribution in [0.5, 0.6) is 0 Å². The average Bonchev–Trinajstić information content (AvgIpc) is 2.99. The van der Waals surface area contributed by atoms with Crippen LogP contribution in [-0.4, -0.2) is 40.6 Å². The van der Waals surface area contributed by atoms with E-state index in [9.17, 15) is 9.90 Å². The molecule has 5 heteroatoms. The lowest BCUT2D eigenvalue weighted by molar-refractivity contribution is -0.140. The van der Waals surface area contributed by atoms with Crippen LogP contribution in [0, 0.1) is 22.7 Å². The largest absolute Gasteiger partial charge is 0.396 e. The van der Waals surface area contributed by atoms with Gasteiger partial charge in [-0.2, -0.15) is 5.26 Å². The summed E-state index contributed by atoms with van der Waals surface area (Å²) in [5.74, 6) is 0.387. The second kappa shape index (κ2) is 3.94. The Morgan fingerprint density at radius 2 is 2.28 bits per heavy atom. The highest BCUT2D eigenvalue weighted by Crippen LogP contribution is 2.49. The van der Waals surface area contributed by atoms with Crippen molar-refractivity contribution >= 4 is 5.91 Å². The van der Waals surface area contributed by atoms with Crippen LogP contribution in [0.3, 0.4) is 0 Å². The van der Waals surface area contributed by atoms with Crippen molar-refractivity contribution in [1.29, 1.82) is 5.26 Å². The summed E-state index contributed by atoms with van der Waals surface area (Å²) < 4.78 is 0. The Kier molecular flexibility index (Phi) is 2.61. The molecule has 0 aromatic rings. The molecule has 1 saturated heterocycles. The van der Waals surface area contributed by atoms with Gasteiger partial charge in [-0.3, -0.25) is 4.79 Å². The molecule has 5 nitrogen and oxygen atoms in total. The number of fused-ring (bicyclic) bond motifs is 1. The third-order valence-corrected chi connectivity index (χ3v) is 5.10. The van der Waals surface area contributed by atoms with E-state index in [0.717, 1.165) is 32.1 Å². The van der Waals surface area contributed by atoms with E-state index in [1.54, 1.807) is 4.90 Å². The number of nitrogens with two attached hydrogens (primary N) is 1. The molecule has 1 amide bonds. The fraction of sp³-hybridized carbons (Fsp3) is 0.846. The third kappa shape index (κ3) is 1.49. The molecule has 2 unspecified atom stereocenters. The Balaban J connectivity index is 1.76. The van der Waals surface area contributed by atoms with Crippen molar-refractivity contribution in [1.82, 2.24) is 4.90 Å². The Labute approximate surface area is 107 Å². The van der Waals surface area contributed by atoms with Crippen LogP contribution in [0.1, 0.15) is 32.1 Å². The lowest BCUT2D eigenvalue weighted by atomic mass is 9.64. The van der Waals surface area contributed by atoms with E-state index >= 15 is 0 Å². The number of hydrogen-bond donors (Lipinski definition) is 2. The Bertz CT molecular complexity index is 407. The fourth-order valence-corrected chi connectivity index (χ4v) is 3.51. The van der Waals surface area contributed by atoms with Gasteiger partial charge < -0.3 is 15.7 Å². The molecule has 4 atom stereocenters. The van der Waals surface area contributed by atoms with Crippen LogP contribution in [0.25, 0.3) is 0 Å². The van der Waals surface area contributed by atoms with Crippen molar-refractivity contribution in [2.45, 2.75) is 50.2 Å². The summed E-state index contributed by atoms with van der Waals surface area (Å²) in [6.07, 6.45) is 4.47. The Morgan fingerprint density at radius 3 is 2.78 bits per heavy atom. The zero-order chi connectivity index (χ0) is 12.9. The second-order valence-electron chi connectivity index (χ2n) is 6.04. The number of nitrogens with zero attached hydrogens (tertiary/aromatic N) is 2. The SMILES string of the molecule is N#C[C@@H]1C[C@@H]2CC2N1C(=O)C(N)C1(CO)CCC1. The van der Waals surface area contributed by atoms with E-state index in [0.29, 0.717) is 5.92 Å². The van der Waals surface area contributed by atoms with Gasteiger partial charge in [0, 0.05) is 11.5 Å². The highest BCUT2D eigenvalue weighted by Gasteiger charge is 2.57. The van der Waals surface area contributed by atoms with Gasteiger partial charge in [0.05, 0.1) is 18.7 Å². The molecule has 0 aromatic carbocycles. The molecule has 2 saturated carbocycles. The minimum Gasteiger partial charge on any atom is -0.396 e. The van der Waals surface area contributed by atoms with Gasteiger partial charge in [-0.05, 0) is 31.6 Å². The van der Waals surface area contributed by atoms with Gasteiger partial charge in [0.25, 0.3) is 0 Å². The summed E-state index contributed by atoms with van der Waals surface area (Å²) in [6.45, 7) is -0.0287. The number of amides is 1. The maximum atomic E-state index is 12.5. The summed E-state index contributed by atoms with van der Waals surface area (Å²) in [4.78, 5) is 14.2. The molecule has 3 rings (SSSR count). The second-order valence-corrected chi connectivity index (χ2v) is 6.04. The van der Waals surface area contributed by atoms with Crippen LogP contribution in [0.15, 0.2) is 0 Å². The number of carbonyl (C=O) groups excluding carboxylic acids is 1. The number of likely N-dealkylation sites (tertiary alicyclic amines) is 1. The molecule has 2 aliphatic carbocycles. The van der Waals surface area contributed by atoms with Gasteiger partial charge in [-0.15, -0.1) is 0 Å². The minimum atomic E-state index is -0.647. The zero-order valence-electron chi connectivity index (χ0n) is 10.4. The van der Waals surface area contributed by atoms with Gasteiger partial charge in [0.15, 0.2) is 0 Å². The zero-order valence-corrected chi connectivity index (χ0v) is 10.4. The molecule has 0 bridgehead atoms. The van der Waals surface area contributed by atoms with Crippen LogP contribution in [0.2, 0.25) is 0 Å². The Hall–Kier alpha value is -1.12. The van der Waals surface area contributed by atoms with Crippen molar-refractivity contribution in [3.05, 3.63) is 0 Å². The molecule has 0 aromatic heterocycles. The standard InChI is InChI=1S/C13H19N3O2/c14-6-9-4-8-5-10(8)16(9)12(18)11(15)13(7-17)2-1-3-13/h8-11,17H,1-5,7,15H2/t8-,9+,10?,11?/m1/s1. The van der Waals surface area contributed by atoms with Gasteiger partial charge in [-0.25, -0.2) is 0 Å². The number of nitriles is 1. The number of aliphatic hydroxyl groups is 1. The lowest BCUT2D eigenvalue weighted by Gasteiger charge is -2.45. The van der Waals surface area contributed by atoms with Crippen LogP contribution in [0.4, 0.5) is 0 Å². The summed E-state index contributed by atoms with van der Waals surface area (Å²) in [7, 11) is 0. The van der Waals surface area contributed by atoms with E-state index in [4.69, 9.17) is 11.0 Å². The number of rotatable bonds is 3. The van der Waals surface area contributed by atoms with Crippen LogP contribution < -0.4 is 5.73 Å². The number of aliphatic hydroxyl groups excluding tert-OH is 1. The van der Waals surface area contributed by atoms with Crippen molar-refractivity contribution < 1.29 is 9.90 Å². The molecule has 18 heavy (non-hydrogen) atoms. The maximum Gasteiger partial charge on any atom is 0.241 e. The topological polar surface area (TPSA) is 90.4 Å². The normalized spacial score (nSPS) is 37.4. The number of carbonyl (C=O) groups is 1. The van der Waals surface area contributed by atoms with Crippen LogP contribution in [-0.2, 0) is 4.79 Å². The monoisotopic (exact) mass is 249 g/mol. The highest BCUT2D eigenvalue weighted by atomic mass is 16.3. The quantitative estimate of drug-likeness (QED) is 0.736. The summed E-state index contributed by atoms with van der Waals surface area (Å²) in [5, 5.41) is 18.6. The lowest BCUT2D eigenvalue weighted by Crippen LogP contribution is -2.59. The molecule has 0 spiro atoms. The smallest absolute Gasteiger partial charge is 0.241 e. The first kappa shape index (κ1) is 11.9. The molecule has 1 aliphatic heterocycles. The van der Waals surface area contributed by atoms with Crippen molar-refractivity contribution in [2.75, 3.05) is 6.61 Å². The summed E-state index contributed by atoms with van der Waals surface area (Å²) in [5.41, 5.74) is 5.66. The first-order valence-electron chi connectivity index (χ1n) is 6.71. The first-order chi connectivity index (χ1) is 8.63. The first-order valence-corrected chi connectivity index (χ1v) is 6.71. The number of hydrogen-bond acceptors (Lipinski definition) is 4. The fourth-order valence-electron chi connectivity index (χ4n) is 3.51. The van der Waals surface area contributed by atoms with E-state index in [-0.39, 0.29) is 24.6 Å². The van der Waals surface area contributed by atoms with E-state index in [1.807, 2.05) is 0 Å². The molecule has 98 valence electrons. The Morgan fingerprint density at radius 1 is 1.56 bits per heavy atom. The van der Waals surface area contributed by atoms with Gasteiger partial charge in [0.1, 0.15) is 6.04 Å². The predicted molar refractivity (Wildman–Crippen MR) is 64.1 cm³/mol. The van der Waals surface area contributed by atoms with E-state index in [2.05, 4.69) is 6.07 Å². The molecule has 3 aliphatic rings. The van der Waals surface area contributed by atoms with Gasteiger partial charge in [0.2, 0.25) is 5.91 Å². The van der Waals surface area contributed by atoms with Crippen molar-refractivity contribution in [2.24, 2.45) is 17.1 Å².